The Morgan fingerprint density at radius 3 is 2.37 bits per heavy atom. The van der Waals surface area contributed by atoms with E-state index >= 15 is 0 Å². The molecule has 0 fully saturated rings. The summed E-state index contributed by atoms with van der Waals surface area (Å²) in [6.07, 6.45) is 3.23. The molecule has 4 aromatic rings. The second-order valence-corrected chi connectivity index (χ2v) is 8.47. The molecule has 2 heterocycles. The summed E-state index contributed by atoms with van der Waals surface area (Å²) in [5.74, 6) is 0.698. The summed E-state index contributed by atoms with van der Waals surface area (Å²) < 4.78 is 2.17. The van der Waals surface area contributed by atoms with E-state index in [1.54, 1.807) is 24.5 Å². The molecule has 0 aliphatic carbocycles. The van der Waals surface area contributed by atoms with E-state index in [2.05, 4.69) is 66.0 Å². The van der Waals surface area contributed by atoms with Crippen LogP contribution in [0.4, 0.5) is 0 Å². The van der Waals surface area contributed by atoms with Crippen molar-refractivity contribution >= 4 is 16.9 Å². The standard InChI is InChI=1S/C25H26N4O/c1-25(2,3)20-10-8-18(9-11-20)17-29-22-7-5-4-6-21(22)28-23(29)16-27-24(30)19-12-14-26-15-13-19/h4-15H,16-17H2,1-3H3,(H,27,30). The Balaban J connectivity index is 1.60. The van der Waals surface area contributed by atoms with Gasteiger partial charge in [-0.1, -0.05) is 57.2 Å². The summed E-state index contributed by atoms with van der Waals surface area (Å²) in [4.78, 5) is 21.2. The molecule has 1 amide bonds. The summed E-state index contributed by atoms with van der Waals surface area (Å²) in [6.45, 7) is 7.71. The third-order valence-electron chi connectivity index (χ3n) is 5.24. The Kier molecular flexibility index (Phi) is 5.36. The minimum absolute atomic E-state index is 0.128. The first kappa shape index (κ1) is 19.8. The van der Waals surface area contributed by atoms with Crippen LogP contribution in [0.25, 0.3) is 11.0 Å². The third-order valence-corrected chi connectivity index (χ3v) is 5.24. The van der Waals surface area contributed by atoms with Gasteiger partial charge in [0.2, 0.25) is 0 Å². The molecule has 5 heteroatoms. The van der Waals surface area contributed by atoms with Crippen molar-refractivity contribution < 1.29 is 4.79 Å². The molecule has 0 aliphatic rings. The molecule has 0 aliphatic heterocycles. The lowest BCUT2D eigenvalue weighted by Crippen LogP contribution is -2.25. The SMILES string of the molecule is CC(C)(C)c1ccc(Cn2c(CNC(=O)c3ccncc3)nc3ccccc32)cc1. The van der Waals surface area contributed by atoms with Gasteiger partial charge < -0.3 is 9.88 Å². The average Bonchev–Trinajstić information content (AvgIpc) is 3.10. The number of nitrogens with zero attached hydrogens (tertiary/aromatic N) is 3. The monoisotopic (exact) mass is 398 g/mol. The molecule has 0 unspecified atom stereocenters. The van der Waals surface area contributed by atoms with Crippen molar-refractivity contribution in [2.75, 3.05) is 0 Å². The number of carbonyl (C=O) groups excluding carboxylic acids is 1. The number of nitrogens with one attached hydrogen (secondary N) is 1. The third kappa shape index (κ3) is 4.25. The molecule has 1 N–H and O–H groups in total. The van der Waals surface area contributed by atoms with Gasteiger partial charge >= 0.3 is 0 Å². The first-order chi connectivity index (χ1) is 14.4. The van der Waals surface area contributed by atoms with Gasteiger partial charge in [-0.2, -0.15) is 0 Å². The van der Waals surface area contributed by atoms with E-state index in [1.807, 2.05) is 18.2 Å². The fraction of sp³-hybridized carbons (Fsp3) is 0.240. The first-order valence-corrected chi connectivity index (χ1v) is 10.1. The highest BCUT2D eigenvalue weighted by Gasteiger charge is 2.15. The Bertz CT molecular complexity index is 1160. The zero-order chi connectivity index (χ0) is 21.1. The summed E-state index contributed by atoms with van der Waals surface area (Å²) in [5.41, 5.74) is 5.22. The van der Waals surface area contributed by atoms with Crippen LogP contribution in [-0.2, 0) is 18.5 Å². The van der Waals surface area contributed by atoms with E-state index in [9.17, 15) is 4.79 Å². The van der Waals surface area contributed by atoms with Crippen LogP contribution in [0.1, 0.15) is 48.1 Å². The Morgan fingerprint density at radius 2 is 1.67 bits per heavy atom. The molecule has 30 heavy (non-hydrogen) atoms. The van der Waals surface area contributed by atoms with Gasteiger partial charge in [-0.05, 0) is 40.8 Å². The van der Waals surface area contributed by atoms with Crippen LogP contribution >= 0.6 is 0 Å². The number of fused-ring (bicyclic) bond motifs is 1. The lowest BCUT2D eigenvalue weighted by atomic mass is 9.87. The number of hydrogen-bond donors (Lipinski definition) is 1. The van der Waals surface area contributed by atoms with Gasteiger partial charge in [-0.3, -0.25) is 9.78 Å². The van der Waals surface area contributed by atoms with Gasteiger partial charge in [0.05, 0.1) is 17.6 Å². The van der Waals surface area contributed by atoms with E-state index in [-0.39, 0.29) is 11.3 Å². The molecule has 0 radical (unpaired) electrons. The van der Waals surface area contributed by atoms with Crippen molar-refractivity contribution in [3.8, 4) is 0 Å². The Morgan fingerprint density at radius 1 is 0.967 bits per heavy atom. The molecule has 152 valence electrons. The molecule has 0 atom stereocenters. The molecule has 2 aromatic carbocycles. The van der Waals surface area contributed by atoms with Crippen LogP contribution in [0.15, 0.2) is 73.1 Å². The highest BCUT2D eigenvalue weighted by Crippen LogP contribution is 2.23. The lowest BCUT2D eigenvalue weighted by molar-refractivity contribution is 0.0949. The zero-order valence-corrected chi connectivity index (χ0v) is 17.6. The number of hydrogen-bond acceptors (Lipinski definition) is 3. The summed E-state index contributed by atoms with van der Waals surface area (Å²) in [7, 11) is 0. The Hall–Kier alpha value is -3.47. The van der Waals surface area contributed by atoms with Gasteiger partial charge in [0.1, 0.15) is 5.82 Å². The van der Waals surface area contributed by atoms with Gasteiger partial charge in [0, 0.05) is 24.5 Å². The van der Waals surface area contributed by atoms with Gasteiger partial charge in [0.25, 0.3) is 5.91 Å². The van der Waals surface area contributed by atoms with Crippen LogP contribution in [-0.4, -0.2) is 20.4 Å². The van der Waals surface area contributed by atoms with Gasteiger partial charge in [0.15, 0.2) is 0 Å². The number of amides is 1. The van der Waals surface area contributed by atoms with Crippen LogP contribution in [0.2, 0.25) is 0 Å². The van der Waals surface area contributed by atoms with Crippen LogP contribution in [0.3, 0.4) is 0 Å². The summed E-state index contributed by atoms with van der Waals surface area (Å²) in [6, 6.07) is 20.2. The topological polar surface area (TPSA) is 59.8 Å². The first-order valence-electron chi connectivity index (χ1n) is 10.1. The van der Waals surface area contributed by atoms with Crippen LogP contribution in [0, 0.1) is 0 Å². The van der Waals surface area contributed by atoms with E-state index in [0.29, 0.717) is 18.7 Å². The molecule has 0 saturated heterocycles. The van der Waals surface area contributed by atoms with Crippen molar-refractivity contribution in [2.45, 2.75) is 39.3 Å². The maximum atomic E-state index is 12.5. The number of rotatable bonds is 5. The number of aromatic nitrogens is 3. The minimum atomic E-state index is -0.134. The number of imidazole rings is 1. The second-order valence-electron chi connectivity index (χ2n) is 8.47. The summed E-state index contributed by atoms with van der Waals surface area (Å²) in [5, 5.41) is 2.98. The quantitative estimate of drug-likeness (QED) is 0.530. The number of carbonyl (C=O) groups is 1. The van der Waals surface area contributed by atoms with E-state index in [0.717, 1.165) is 16.9 Å². The molecule has 2 aromatic heterocycles. The van der Waals surface area contributed by atoms with Crippen LogP contribution in [0.5, 0.6) is 0 Å². The van der Waals surface area contributed by atoms with Crippen LogP contribution < -0.4 is 5.32 Å². The maximum Gasteiger partial charge on any atom is 0.251 e. The molecule has 4 rings (SSSR count). The molecule has 5 nitrogen and oxygen atoms in total. The lowest BCUT2D eigenvalue weighted by Gasteiger charge is -2.19. The molecule has 0 spiro atoms. The highest BCUT2D eigenvalue weighted by molar-refractivity contribution is 5.93. The molecule has 0 saturated carbocycles. The maximum absolute atomic E-state index is 12.5. The predicted molar refractivity (Wildman–Crippen MR) is 119 cm³/mol. The van der Waals surface area contributed by atoms with Crippen molar-refractivity contribution in [2.24, 2.45) is 0 Å². The van der Waals surface area contributed by atoms with Crippen molar-refractivity contribution in [1.82, 2.24) is 19.9 Å². The van der Waals surface area contributed by atoms with Crippen molar-refractivity contribution in [3.05, 3.63) is 95.6 Å². The second kappa shape index (κ2) is 8.11. The fourth-order valence-corrected chi connectivity index (χ4v) is 3.49. The van der Waals surface area contributed by atoms with Gasteiger partial charge in [-0.15, -0.1) is 0 Å². The number of benzene rings is 2. The minimum Gasteiger partial charge on any atom is -0.345 e. The van der Waals surface area contributed by atoms with E-state index < -0.39 is 0 Å². The fourth-order valence-electron chi connectivity index (χ4n) is 3.49. The van der Waals surface area contributed by atoms with Crippen molar-refractivity contribution in [3.63, 3.8) is 0 Å². The smallest absolute Gasteiger partial charge is 0.251 e. The Labute approximate surface area is 176 Å². The molecule has 0 bridgehead atoms. The number of para-hydroxylation sites is 2. The number of pyridine rings is 1. The zero-order valence-electron chi connectivity index (χ0n) is 17.6. The summed E-state index contributed by atoms with van der Waals surface area (Å²) >= 11 is 0. The average molecular weight is 399 g/mol. The predicted octanol–water partition coefficient (Wildman–Crippen LogP) is 4.71. The van der Waals surface area contributed by atoms with Gasteiger partial charge in [-0.25, -0.2) is 4.98 Å². The van der Waals surface area contributed by atoms with Crippen molar-refractivity contribution in [1.29, 1.82) is 0 Å². The largest absolute Gasteiger partial charge is 0.345 e. The highest BCUT2D eigenvalue weighted by atomic mass is 16.1. The normalized spacial score (nSPS) is 11.6. The molecular weight excluding hydrogens is 372 g/mol. The van der Waals surface area contributed by atoms with E-state index in [4.69, 9.17) is 4.98 Å². The van der Waals surface area contributed by atoms with E-state index in [1.165, 1.54) is 11.1 Å². The molecular formula is C25H26N4O.